The molecule has 2 aliphatic rings. The molecule has 6 heteroatoms. The van der Waals surface area contributed by atoms with Crippen LogP contribution in [0.15, 0.2) is 18.2 Å². The molecule has 2 heterocycles. The minimum Gasteiger partial charge on any atom is -0.367 e. The summed E-state index contributed by atoms with van der Waals surface area (Å²) < 4.78 is 14.5. The number of carbonyl (C=O) groups is 1. The minimum atomic E-state index is -0.315. The summed E-state index contributed by atoms with van der Waals surface area (Å²) in [5.74, 6) is -0.441. The van der Waals surface area contributed by atoms with E-state index in [0.29, 0.717) is 24.3 Å². The van der Waals surface area contributed by atoms with Crippen LogP contribution in [0.1, 0.15) is 23.7 Å². The molecule has 2 aliphatic heterocycles. The highest BCUT2D eigenvalue weighted by molar-refractivity contribution is 5.94. The van der Waals surface area contributed by atoms with Gasteiger partial charge in [-0.1, -0.05) is 6.92 Å². The molecule has 5 nitrogen and oxygen atoms in total. The van der Waals surface area contributed by atoms with Crippen LogP contribution in [-0.2, 0) is 0 Å². The molecule has 0 unspecified atom stereocenters. The number of halogens is 1. The standard InChI is InChI=1S/C17H25FN4O/c1-2-20-7-9-21(10-8-20)16-4-3-13(11-15(16)18)17(23)22-6-5-14(19)12-22/h3-4,11,14H,2,5-10,12,19H2,1H3/t14-/m1/s1. The Labute approximate surface area is 136 Å². The van der Waals surface area contributed by atoms with Crippen molar-refractivity contribution in [1.29, 1.82) is 0 Å². The molecule has 0 radical (unpaired) electrons. The van der Waals surface area contributed by atoms with Crippen molar-refractivity contribution in [3.8, 4) is 0 Å². The molecule has 2 saturated heterocycles. The first-order chi connectivity index (χ1) is 11.1. The van der Waals surface area contributed by atoms with E-state index in [4.69, 9.17) is 5.73 Å². The molecule has 0 saturated carbocycles. The molecular formula is C17H25FN4O. The van der Waals surface area contributed by atoms with Crippen molar-refractivity contribution in [3.05, 3.63) is 29.6 Å². The van der Waals surface area contributed by atoms with E-state index in [0.717, 1.165) is 39.1 Å². The zero-order valence-electron chi connectivity index (χ0n) is 13.7. The Kier molecular flexibility index (Phi) is 4.82. The number of piperazine rings is 1. The Bertz CT molecular complexity index is 572. The van der Waals surface area contributed by atoms with Gasteiger partial charge < -0.3 is 20.4 Å². The second-order valence-corrected chi connectivity index (χ2v) is 6.39. The average molecular weight is 320 g/mol. The molecule has 0 aliphatic carbocycles. The highest BCUT2D eigenvalue weighted by atomic mass is 19.1. The number of benzene rings is 1. The zero-order chi connectivity index (χ0) is 16.4. The second-order valence-electron chi connectivity index (χ2n) is 6.39. The maximum atomic E-state index is 14.5. The van der Waals surface area contributed by atoms with E-state index in [1.54, 1.807) is 17.0 Å². The van der Waals surface area contributed by atoms with Crippen molar-refractivity contribution in [1.82, 2.24) is 9.80 Å². The number of rotatable bonds is 3. The Morgan fingerprint density at radius 2 is 2.00 bits per heavy atom. The fourth-order valence-electron chi connectivity index (χ4n) is 3.36. The topological polar surface area (TPSA) is 52.8 Å². The maximum Gasteiger partial charge on any atom is 0.254 e. The van der Waals surface area contributed by atoms with Gasteiger partial charge in [0.15, 0.2) is 0 Å². The maximum absolute atomic E-state index is 14.5. The number of carbonyl (C=O) groups excluding carboxylic acids is 1. The zero-order valence-corrected chi connectivity index (χ0v) is 13.7. The van der Waals surface area contributed by atoms with E-state index in [-0.39, 0.29) is 17.8 Å². The van der Waals surface area contributed by atoms with Gasteiger partial charge in [0, 0.05) is 50.9 Å². The van der Waals surface area contributed by atoms with Gasteiger partial charge >= 0.3 is 0 Å². The molecule has 1 amide bonds. The lowest BCUT2D eigenvalue weighted by Gasteiger charge is -2.35. The van der Waals surface area contributed by atoms with Crippen molar-refractivity contribution in [2.75, 3.05) is 50.7 Å². The number of amides is 1. The predicted octanol–water partition coefficient (Wildman–Crippen LogP) is 1.14. The molecule has 23 heavy (non-hydrogen) atoms. The van der Waals surface area contributed by atoms with Gasteiger partial charge in [0.2, 0.25) is 0 Å². The van der Waals surface area contributed by atoms with E-state index < -0.39 is 0 Å². The van der Waals surface area contributed by atoms with Gasteiger partial charge in [-0.05, 0) is 31.2 Å². The number of hydrogen-bond donors (Lipinski definition) is 1. The molecule has 126 valence electrons. The third-order valence-corrected chi connectivity index (χ3v) is 4.87. The first-order valence-electron chi connectivity index (χ1n) is 8.40. The highest BCUT2D eigenvalue weighted by Gasteiger charge is 2.26. The lowest BCUT2D eigenvalue weighted by Crippen LogP contribution is -2.46. The van der Waals surface area contributed by atoms with Crippen LogP contribution in [0.25, 0.3) is 0 Å². The Hall–Kier alpha value is -1.66. The second kappa shape index (κ2) is 6.84. The number of likely N-dealkylation sites (N-methyl/N-ethyl adjacent to an activating group) is 1. The summed E-state index contributed by atoms with van der Waals surface area (Å²) in [5.41, 5.74) is 6.84. The molecule has 2 N–H and O–H groups in total. The van der Waals surface area contributed by atoms with Crippen LogP contribution in [0.2, 0.25) is 0 Å². The van der Waals surface area contributed by atoms with Crippen LogP contribution in [0.3, 0.4) is 0 Å². The summed E-state index contributed by atoms with van der Waals surface area (Å²) in [5, 5.41) is 0. The molecule has 1 atom stereocenters. The Morgan fingerprint density at radius 1 is 1.26 bits per heavy atom. The first kappa shape index (κ1) is 16.2. The summed E-state index contributed by atoms with van der Waals surface area (Å²) in [7, 11) is 0. The molecule has 0 spiro atoms. The number of anilines is 1. The Morgan fingerprint density at radius 3 is 2.57 bits per heavy atom. The van der Waals surface area contributed by atoms with Crippen molar-refractivity contribution in [2.45, 2.75) is 19.4 Å². The summed E-state index contributed by atoms with van der Waals surface area (Å²) in [6.45, 7) is 7.91. The highest BCUT2D eigenvalue weighted by Crippen LogP contribution is 2.23. The van der Waals surface area contributed by atoms with Crippen LogP contribution >= 0.6 is 0 Å². The van der Waals surface area contributed by atoms with Crippen LogP contribution in [-0.4, -0.2) is 67.6 Å². The van der Waals surface area contributed by atoms with Crippen LogP contribution < -0.4 is 10.6 Å². The summed E-state index contributed by atoms with van der Waals surface area (Å²) in [6, 6.07) is 4.88. The SMILES string of the molecule is CCN1CCN(c2ccc(C(=O)N3CC[C@@H](N)C3)cc2F)CC1. The fraction of sp³-hybridized carbons (Fsp3) is 0.588. The largest absolute Gasteiger partial charge is 0.367 e. The van der Waals surface area contributed by atoms with E-state index in [2.05, 4.69) is 16.7 Å². The van der Waals surface area contributed by atoms with Crippen LogP contribution in [0, 0.1) is 5.82 Å². The quantitative estimate of drug-likeness (QED) is 0.907. The lowest BCUT2D eigenvalue weighted by atomic mass is 10.1. The lowest BCUT2D eigenvalue weighted by molar-refractivity contribution is 0.0790. The van der Waals surface area contributed by atoms with Gasteiger partial charge in [-0.25, -0.2) is 4.39 Å². The van der Waals surface area contributed by atoms with Crippen molar-refractivity contribution < 1.29 is 9.18 Å². The molecule has 1 aromatic rings. The number of likely N-dealkylation sites (tertiary alicyclic amines) is 1. The van der Waals surface area contributed by atoms with E-state index in [9.17, 15) is 9.18 Å². The normalized spacial score (nSPS) is 22.7. The van der Waals surface area contributed by atoms with Gasteiger partial charge in [0.05, 0.1) is 5.69 Å². The third kappa shape index (κ3) is 3.48. The third-order valence-electron chi connectivity index (χ3n) is 4.87. The van der Waals surface area contributed by atoms with E-state index >= 15 is 0 Å². The van der Waals surface area contributed by atoms with Crippen LogP contribution in [0.4, 0.5) is 10.1 Å². The molecular weight excluding hydrogens is 295 g/mol. The van der Waals surface area contributed by atoms with Gasteiger partial charge in [-0.3, -0.25) is 4.79 Å². The molecule has 3 rings (SSSR count). The molecule has 0 bridgehead atoms. The van der Waals surface area contributed by atoms with Crippen LogP contribution in [0.5, 0.6) is 0 Å². The average Bonchev–Trinajstić information content (AvgIpc) is 3.00. The van der Waals surface area contributed by atoms with Crippen molar-refractivity contribution in [2.24, 2.45) is 5.73 Å². The minimum absolute atomic E-state index is 0.0398. The van der Waals surface area contributed by atoms with Gasteiger partial charge in [-0.15, -0.1) is 0 Å². The molecule has 2 fully saturated rings. The van der Waals surface area contributed by atoms with Gasteiger partial charge in [-0.2, -0.15) is 0 Å². The van der Waals surface area contributed by atoms with Gasteiger partial charge in [0.1, 0.15) is 5.82 Å². The Balaban J connectivity index is 1.70. The monoisotopic (exact) mass is 320 g/mol. The number of nitrogens with zero attached hydrogens (tertiary/aromatic N) is 3. The van der Waals surface area contributed by atoms with E-state index in [1.807, 2.05) is 0 Å². The number of nitrogens with two attached hydrogens (primary N) is 1. The summed E-state index contributed by atoms with van der Waals surface area (Å²) in [6.07, 6.45) is 0.814. The smallest absolute Gasteiger partial charge is 0.254 e. The summed E-state index contributed by atoms with van der Waals surface area (Å²) >= 11 is 0. The molecule has 0 aromatic heterocycles. The molecule has 1 aromatic carbocycles. The van der Waals surface area contributed by atoms with Gasteiger partial charge in [0.25, 0.3) is 5.91 Å². The number of hydrogen-bond acceptors (Lipinski definition) is 4. The summed E-state index contributed by atoms with van der Waals surface area (Å²) in [4.78, 5) is 18.5. The van der Waals surface area contributed by atoms with E-state index in [1.165, 1.54) is 6.07 Å². The fourth-order valence-corrected chi connectivity index (χ4v) is 3.36. The first-order valence-corrected chi connectivity index (χ1v) is 8.40. The van der Waals surface area contributed by atoms with Crippen molar-refractivity contribution in [3.63, 3.8) is 0 Å². The predicted molar refractivity (Wildman–Crippen MR) is 89.2 cm³/mol. The van der Waals surface area contributed by atoms with Crippen molar-refractivity contribution >= 4 is 11.6 Å².